The van der Waals surface area contributed by atoms with Crippen LogP contribution < -0.4 is 22.2 Å². The summed E-state index contributed by atoms with van der Waals surface area (Å²) in [6, 6.07) is 12.7. The van der Waals surface area contributed by atoms with Crippen LogP contribution in [0.5, 0.6) is 0 Å². The van der Waals surface area contributed by atoms with E-state index in [1.165, 1.54) is 12.1 Å². The van der Waals surface area contributed by atoms with Gasteiger partial charge in [0.15, 0.2) is 0 Å². The first-order chi connectivity index (χ1) is 12.5. The number of primary amides is 1. The lowest BCUT2D eigenvalue weighted by molar-refractivity contribution is -0.116. The molecular formula is C18H16N4O4. The van der Waals surface area contributed by atoms with Crippen molar-refractivity contribution in [2.75, 3.05) is 5.32 Å². The fourth-order valence-electron chi connectivity index (χ4n) is 2.59. The maximum absolute atomic E-state index is 12.4. The molecular weight excluding hydrogens is 336 g/mol. The largest absolute Gasteiger partial charge is 0.366 e. The molecule has 1 aromatic heterocycles. The molecule has 2 aromatic carbocycles. The Bertz CT molecular complexity index is 1110. The van der Waals surface area contributed by atoms with Gasteiger partial charge in [0.2, 0.25) is 11.8 Å². The number of hydrogen-bond acceptors (Lipinski definition) is 4. The molecule has 0 fully saturated rings. The summed E-state index contributed by atoms with van der Waals surface area (Å²) in [6.07, 6.45) is -0.0328. The van der Waals surface area contributed by atoms with Gasteiger partial charge in [0, 0.05) is 17.7 Å². The van der Waals surface area contributed by atoms with E-state index >= 15 is 0 Å². The molecule has 8 nitrogen and oxygen atoms in total. The third kappa shape index (κ3) is 3.54. The van der Waals surface area contributed by atoms with E-state index in [0.29, 0.717) is 16.5 Å². The monoisotopic (exact) mass is 352 g/mol. The molecule has 8 heteroatoms. The first-order valence-corrected chi connectivity index (χ1v) is 7.87. The highest BCUT2D eigenvalue weighted by atomic mass is 16.2. The number of nitrogens with two attached hydrogens (primary N) is 1. The van der Waals surface area contributed by atoms with E-state index in [9.17, 15) is 19.2 Å². The van der Waals surface area contributed by atoms with Gasteiger partial charge in [-0.05, 0) is 30.3 Å². The van der Waals surface area contributed by atoms with Crippen molar-refractivity contribution in [3.8, 4) is 0 Å². The second-order valence-corrected chi connectivity index (χ2v) is 5.69. The molecule has 26 heavy (non-hydrogen) atoms. The van der Waals surface area contributed by atoms with Crippen LogP contribution in [0.15, 0.2) is 58.1 Å². The van der Waals surface area contributed by atoms with Crippen LogP contribution in [0, 0.1) is 0 Å². The average molecular weight is 352 g/mol. The molecule has 0 aliphatic carbocycles. The van der Waals surface area contributed by atoms with Gasteiger partial charge in [-0.1, -0.05) is 18.2 Å². The number of hydrogen-bond donors (Lipinski definition) is 3. The van der Waals surface area contributed by atoms with E-state index in [0.717, 1.165) is 4.68 Å². The molecule has 0 atom stereocenters. The van der Waals surface area contributed by atoms with Crippen molar-refractivity contribution in [2.24, 2.45) is 5.73 Å². The fourth-order valence-corrected chi connectivity index (χ4v) is 2.59. The van der Waals surface area contributed by atoms with Gasteiger partial charge in [0.05, 0.1) is 17.3 Å². The zero-order valence-corrected chi connectivity index (χ0v) is 13.7. The van der Waals surface area contributed by atoms with E-state index < -0.39 is 11.5 Å². The molecule has 132 valence electrons. The van der Waals surface area contributed by atoms with Gasteiger partial charge >= 0.3 is 0 Å². The summed E-state index contributed by atoms with van der Waals surface area (Å²) in [7, 11) is 0. The van der Waals surface area contributed by atoms with Gasteiger partial charge in [-0.2, -0.15) is 0 Å². The number of benzene rings is 2. The van der Waals surface area contributed by atoms with E-state index in [1.807, 2.05) is 0 Å². The summed E-state index contributed by atoms with van der Waals surface area (Å²) in [5, 5.41) is 5.70. The standard InChI is InChI=1S/C18H16N4O4/c19-16(24)11-4-3-5-12(10-11)20-15(23)8-9-22-18(26)14-7-2-1-6-13(14)17(25)21-22/h1-7,10H,8-9H2,(H2,19,24)(H,20,23)(H,21,25). The number of nitrogens with one attached hydrogen (secondary N) is 2. The van der Waals surface area contributed by atoms with Crippen LogP contribution in [0.25, 0.3) is 10.8 Å². The summed E-state index contributed by atoms with van der Waals surface area (Å²) in [6.45, 7) is 0.0141. The Labute approximate surface area is 147 Å². The molecule has 0 spiro atoms. The van der Waals surface area contributed by atoms with E-state index in [2.05, 4.69) is 10.4 Å². The number of carbonyl (C=O) groups is 2. The Hall–Kier alpha value is -3.68. The molecule has 0 unspecified atom stereocenters. The Kier molecular flexibility index (Phi) is 4.66. The minimum Gasteiger partial charge on any atom is -0.366 e. The Morgan fingerprint density at radius 3 is 2.50 bits per heavy atom. The van der Waals surface area contributed by atoms with Crippen LogP contribution in [0.2, 0.25) is 0 Å². The summed E-state index contributed by atoms with van der Waals surface area (Å²) < 4.78 is 1.12. The topological polar surface area (TPSA) is 127 Å². The minimum absolute atomic E-state index is 0.0141. The quantitative estimate of drug-likeness (QED) is 0.628. The highest BCUT2D eigenvalue weighted by Crippen LogP contribution is 2.10. The Balaban J connectivity index is 1.74. The van der Waals surface area contributed by atoms with Gasteiger partial charge in [-0.3, -0.25) is 24.3 Å². The number of aromatic nitrogens is 2. The first kappa shape index (κ1) is 17.2. The molecule has 0 bridgehead atoms. The summed E-state index contributed by atoms with van der Waals surface area (Å²) in [5.41, 5.74) is 5.13. The maximum Gasteiger partial charge on any atom is 0.273 e. The van der Waals surface area contributed by atoms with Crippen LogP contribution >= 0.6 is 0 Å². The number of rotatable bonds is 5. The summed E-state index contributed by atoms with van der Waals surface area (Å²) in [4.78, 5) is 47.7. The number of nitrogens with zero attached hydrogens (tertiary/aromatic N) is 1. The fraction of sp³-hybridized carbons (Fsp3) is 0.111. The van der Waals surface area contributed by atoms with Gasteiger partial charge < -0.3 is 11.1 Å². The molecule has 0 aliphatic heterocycles. The van der Waals surface area contributed by atoms with Crippen LogP contribution in [0.4, 0.5) is 5.69 Å². The zero-order valence-electron chi connectivity index (χ0n) is 13.7. The van der Waals surface area contributed by atoms with Crippen molar-refractivity contribution in [2.45, 2.75) is 13.0 Å². The van der Waals surface area contributed by atoms with Crippen molar-refractivity contribution >= 4 is 28.3 Å². The Morgan fingerprint density at radius 2 is 1.77 bits per heavy atom. The van der Waals surface area contributed by atoms with E-state index in [-0.39, 0.29) is 30.0 Å². The molecule has 3 aromatic rings. The first-order valence-electron chi connectivity index (χ1n) is 7.87. The number of aryl methyl sites for hydroxylation is 1. The second-order valence-electron chi connectivity index (χ2n) is 5.69. The van der Waals surface area contributed by atoms with Crippen LogP contribution in [-0.2, 0) is 11.3 Å². The lowest BCUT2D eigenvalue weighted by atomic mass is 10.2. The van der Waals surface area contributed by atoms with Gasteiger partial charge in [0.25, 0.3) is 11.1 Å². The Morgan fingerprint density at radius 1 is 1.04 bits per heavy atom. The number of carbonyl (C=O) groups excluding carboxylic acids is 2. The molecule has 2 amide bonds. The zero-order chi connectivity index (χ0) is 18.7. The van der Waals surface area contributed by atoms with E-state index in [1.54, 1.807) is 36.4 Å². The lowest BCUT2D eigenvalue weighted by Crippen LogP contribution is -2.31. The predicted molar refractivity (Wildman–Crippen MR) is 97.0 cm³/mol. The van der Waals surface area contributed by atoms with Crippen molar-refractivity contribution in [3.63, 3.8) is 0 Å². The number of fused-ring (bicyclic) bond motifs is 1. The van der Waals surface area contributed by atoms with Gasteiger partial charge in [-0.15, -0.1) is 0 Å². The highest BCUT2D eigenvalue weighted by molar-refractivity contribution is 5.96. The molecule has 3 rings (SSSR count). The maximum atomic E-state index is 12.4. The van der Waals surface area contributed by atoms with Crippen molar-refractivity contribution in [1.29, 1.82) is 0 Å². The molecule has 4 N–H and O–H groups in total. The van der Waals surface area contributed by atoms with Gasteiger partial charge in [0.1, 0.15) is 0 Å². The van der Waals surface area contributed by atoms with Crippen LogP contribution in [-0.4, -0.2) is 21.6 Å². The lowest BCUT2D eigenvalue weighted by Gasteiger charge is -2.08. The third-order valence-corrected chi connectivity index (χ3v) is 3.88. The summed E-state index contributed by atoms with van der Waals surface area (Å²) in [5.74, 6) is -0.964. The van der Waals surface area contributed by atoms with Crippen molar-refractivity contribution < 1.29 is 9.59 Å². The SMILES string of the molecule is NC(=O)c1cccc(NC(=O)CCn2[nH]c(=O)c3ccccc3c2=O)c1. The summed E-state index contributed by atoms with van der Waals surface area (Å²) >= 11 is 0. The van der Waals surface area contributed by atoms with Crippen molar-refractivity contribution in [3.05, 3.63) is 74.8 Å². The number of amides is 2. The molecule has 0 radical (unpaired) electrons. The molecule has 0 aliphatic rings. The second kappa shape index (κ2) is 7.06. The number of aromatic amines is 1. The highest BCUT2D eigenvalue weighted by Gasteiger charge is 2.09. The average Bonchev–Trinajstić information content (AvgIpc) is 2.64. The number of anilines is 1. The minimum atomic E-state index is -0.596. The van der Waals surface area contributed by atoms with Crippen LogP contribution in [0.1, 0.15) is 16.8 Å². The smallest absolute Gasteiger partial charge is 0.273 e. The molecule has 1 heterocycles. The molecule has 0 saturated carbocycles. The van der Waals surface area contributed by atoms with Gasteiger partial charge in [-0.25, -0.2) is 4.68 Å². The molecule has 0 saturated heterocycles. The van der Waals surface area contributed by atoms with Crippen molar-refractivity contribution in [1.82, 2.24) is 9.78 Å². The number of H-pyrrole nitrogens is 1. The third-order valence-electron chi connectivity index (χ3n) is 3.88. The normalized spacial score (nSPS) is 10.6. The van der Waals surface area contributed by atoms with Crippen LogP contribution in [0.3, 0.4) is 0 Å². The predicted octanol–water partition coefficient (Wildman–Crippen LogP) is 0.817. The van der Waals surface area contributed by atoms with E-state index in [4.69, 9.17) is 5.73 Å².